The van der Waals surface area contributed by atoms with Crippen molar-refractivity contribution in [1.29, 1.82) is 0 Å². The van der Waals surface area contributed by atoms with Crippen LogP contribution in [0.4, 0.5) is 10.5 Å². The second-order valence-corrected chi connectivity index (χ2v) is 7.90. The van der Waals surface area contributed by atoms with Crippen molar-refractivity contribution in [2.24, 2.45) is 5.10 Å². The number of carbonyl (C=O) groups excluding carboxylic acids is 1. The van der Waals surface area contributed by atoms with E-state index in [1.54, 1.807) is 6.20 Å². The molecule has 10 heteroatoms. The highest BCUT2D eigenvalue weighted by molar-refractivity contribution is 6.37. The van der Waals surface area contributed by atoms with Crippen molar-refractivity contribution in [2.45, 2.75) is 6.54 Å². The standard InChI is InChI=1S/C23H18Cl2N4O4/c1-14-20(13-30)27-29(23(32)26-14)16-9-18(24)22(19(25)10-16)33-17-7-8-21(31)28(12-17)11-15-5-3-2-4-6-15/h2-10,12,30H,1,11,13H2,(H,26,32). The number of anilines is 1. The van der Waals surface area contributed by atoms with Crippen molar-refractivity contribution in [2.75, 3.05) is 11.6 Å². The number of nitrogens with one attached hydrogen (secondary N) is 1. The number of ether oxygens (including phenoxy) is 1. The van der Waals surface area contributed by atoms with E-state index in [1.807, 2.05) is 30.3 Å². The molecule has 0 bridgehead atoms. The van der Waals surface area contributed by atoms with Gasteiger partial charge in [-0.1, -0.05) is 60.1 Å². The molecule has 0 atom stereocenters. The van der Waals surface area contributed by atoms with Gasteiger partial charge in [0, 0.05) is 6.07 Å². The first-order valence-electron chi connectivity index (χ1n) is 9.75. The van der Waals surface area contributed by atoms with E-state index in [-0.39, 0.29) is 38.5 Å². The van der Waals surface area contributed by atoms with E-state index >= 15 is 0 Å². The molecule has 0 radical (unpaired) electrons. The maximum atomic E-state index is 12.3. The van der Waals surface area contributed by atoms with Gasteiger partial charge in [-0.3, -0.25) is 4.79 Å². The fourth-order valence-corrected chi connectivity index (χ4v) is 3.69. The average Bonchev–Trinajstić information content (AvgIpc) is 2.79. The summed E-state index contributed by atoms with van der Waals surface area (Å²) in [4.78, 5) is 24.6. The van der Waals surface area contributed by atoms with Gasteiger partial charge in [0.15, 0.2) is 5.75 Å². The second kappa shape index (κ2) is 9.50. The normalized spacial score (nSPS) is 13.5. The molecule has 3 aromatic rings. The third-order valence-corrected chi connectivity index (χ3v) is 5.33. The summed E-state index contributed by atoms with van der Waals surface area (Å²) in [6, 6.07) is 14.8. The van der Waals surface area contributed by atoms with Gasteiger partial charge in [0.2, 0.25) is 0 Å². The van der Waals surface area contributed by atoms with Crippen LogP contribution >= 0.6 is 23.2 Å². The van der Waals surface area contributed by atoms with Crippen molar-refractivity contribution >= 4 is 40.6 Å². The Balaban J connectivity index is 1.62. The number of hydrogen-bond acceptors (Lipinski definition) is 5. The third-order valence-electron chi connectivity index (χ3n) is 4.77. The average molecular weight is 485 g/mol. The van der Waals surface area contributed by atoms with Crippen LogP contribution < -0.4 is 20.6 Å². The highest BCUT2D eigenvalue weighted by atomic mass is 35.5. The molecule has 2 aromatic carbocycles. The summed E-state index contributed by atoms with van der Waals surface area (Å²) in [6.45, 7) is 3.60. The van der Waals surface area contributed by atoms with Crippen LogP contribution in [0.1, 0.15) is 5.56 Å². The second-order valence-electron chi connectivity index (χ2n) is 7.08. The fraction of sp³-hybridized carbons (Fsp3) is 0.0870. The Hall–Kier alpha value is -3.59. The van der Waals surface area contributed by atoms with E-state index < -0.39 is 12.6 Å². The van der Waals surface area contributed by atoms with Crippen molar-refractivity contribution in [3.05, 3.63) is 99.0 Å². The Kier molecular flexibility index (Phi) is 6.50. The monoisotopic (exact) mass is 484 g/mol. The Labute approximate surface area is 198 Å². The fourth-order valence-electron chi connectivity index (χ4n) is 3.14. The van der Waals surface area contributed by atoms with Gasteiger partial charge in [-0.15, -0.1) is 0 Å². The Morgan fingerprint density at radius 1 is 1.06 bits per heavy atom. The highest BCUT2D eigenvalue weighted by Gasteiger charge is 2.25. The lowest BCUT2D eigenvalue weighted by Gasteiger charge is -2.25. The smallest absolute Gasteiger partial charge is 0.347 e. The predicted octanol–water partition coefficient (Wildman–Crippen LogP) is 4.39. The summed E-state index contributed by atoms with van der Waals surface area (Å²) in [5.74, 6) is 0.509. The van der Waals surface area contributed by atoms with Gasteiger partial charge in [0.1, 0.15) is 11.5 Å². The molecule has 0 aliphatic carbocycles. The number of aliphatic hydroxyl groups excluding tert-OH is 1. The molecular weight excluding hydrogens is 467 g/mol. The van der Waals surface area contributed by atoms with Crippen LogP contribution in [0.2, 0.25) is 10.0 Å². The zero-order chi connectivity index (χ0) is 23.5. The first-order chi connectivity index (χ1) is 15.9. The van der Waals surface area contributed by atoms with Crippen molar-refractivity contribution in [3.8, 4) is 11.5 Å². The van der Waals surface area contributed by atoms with E-state index in [4.69, 9.17) is 27.9 Å². The summed E-state index contributed by atoms with van der Waals surface area (Å²) in [7, 11) is 0. The minimum atomic E-state index is -0.578. The quantitative estimate of drug-likeness (QED) is 0.542. The third kappa shape index (κ3) is 4.93. The molecule has 2 heterocycles. The summed E-state index contributed by atoms with van der Waals surface area (Å²) in [6.07, 6.45) is 1.57. The number of halogens is 2. The number of urea groups is 1. The molecule has 33 heavy (non-hydrogen) atoms. The summed E-state index contributed by atoms with van der Waals surface area (Å²) in [5.41, 5.74) is 1.45. The van der Waals surface area contributed by atoms with Crippen LogP contribution in [0, 0.1) is 0 Å². The van der Waals surface area contributed by atoms with Crippen LogP contribution in [0.15, 0.2) is 83.0 Å². The van der Waals surface area contributed by atoms with Crippen molar-refractivity contribution in [1.82, 2.24) is 9.88 Å². The van der Waals surface area contributed by atoms with Gasteiger partial charge in [0.25, 0.3) is 5.56 Å². The molecule has 8 nitrogen and oxygen atoms in total. The molecule has 4 rings (SSSR count). The Morgan fingerprint density at radius 2 is 1.76 bits per heavy atom. The number of aliphatic hydroxyl groups is 1. The van der Waals surface area contributed by atoms with Crippen molar-refractivity contribution < 1.29 is 14.6 Å². The zero-order valence-corrected chi connectivity index (χ0v) is 18.7. The number of hydrazone groups is 1. The van der Waals surface area contributed by atoms with Gasteiger partial charge in [0.05, 0.1) is 40.8 Å². The minimum Gasteiger partial charge on any atom is -0.453 e. The maximum Gasteiger partial charge on any atom is 0.347 e. The molecule has 2 N–H and O–H groups in total. The number of aromatic nitrogens is 1. The molecule has 0 saturated heterocycles. The number of amides is 2. The van der Waals surface area contributed by atoms with Crippen LogP contribution in [0.25, 0.3) is 0 Å². The lowest BCUT2D eigenvalue weighted by atomic mass is 10.2. The summed E-state index contributed by atoms with van der Waals surface area (Å²) < 4.78 is 7.38. The molecular formula is C23H18Cl2N4O4. The molecule has 2 amide bonds. The molecule has 0 unspecified atom stereocenters. The first-order valence-corrected chi connectivity index (χ1v) is 10.5. The molecule has 0 spiro atoms. The number of pyridine rings is 1. The van der Waals surface area contributed by atoms with Crippen molar-refractivity contribution in [3.63, 3.8) is 0 Å². The van der Waals surface area contributed by atoms with E-state index in [2.05, 4.69) is 17.0 Å². The largest absolute Gasteiger partial charge is 0.453 e. The van der Waals surface area contributed by atoms with E-state index in [0.717, 1.165) is 10.6 Å². The topological polar surface area (TPSA) is 96.2 Å². The molecule has 0 fully saturated rings. The van der Waals surface area contributed by atoms with E-state index in [1.165, 1.54) is 28.8 Å². The van der Waals surface area contributed by atoms with Crippen LogP contribution in [0.5, 0.6) is 11.5 Å². The van der Waals surface area contributed by atoms with E-state index in [9.17, 15) is 14.7 Å². The van der Waals surface area contributed by atoms with Crippen LogP contribution in [0.3, 0.4) is 0 Å². The number of rotatable bonds is 6. The Morgan fingerprint density at radius 3 is 2.42 bits per heavy atom. The zero-order valence-electron chi connectivity index (χ0n) is 17.2. The van der Waals surface area contributed by atoms with Gasteiger partial charge in [-0.05, 0) is 23.8 Å². The van der Waals surface area contributed by atoms with E-state index in [0.29, 0.717) is 12.3 Å². The molecule has 168 valence electrons. The first kappa shape index (κ1) is 22.6. The van der Waals surface area contributed by atoms with Gasteiger partial charge >= 0.3 is 6.03 Å². The maximum absolute atomic E-state index is 12.3. The van der Waals surface area contributed by atoms with Gasteiger partial charge in [-0.25, -0.2) is 4.79 Å². The highest BCUT2D eigenvalue weighted by Crippen LogP contribution is 2.40. The summed E-state index contributed by atoms with van der Waals surface area (Å²) >= 11 is 12.8. The van der Waals surface area contributed by atoms with Crippen LogP contribution in [-0.2, 0) is 6.54 Å². The Bertz CT molecular complexity index is 1300. The lowest BCUT2D eigenvalue weighted by Crippen LogP contribution is -2.44. The SMILES string of the molecule is C=C1NC(=O)N(c2cc(Cl)c(Oc3ccc(=O)n(Cc4ccccc4)c3)c(Cl)c2)N=C1CO. The molecule has 1 aliphatic rings. The number of hydrogen-bond donors (Lipinski definition) is 2. The molecule has 1 aromatic heterocycles. The lowest BCUT2D eigenvalue weighted by molar-refractivity contribution is 0.248. The number of benzene rings is 2. The number of carbonyl (C=O) groups is 1. The van der Waals surface area contributed by atoms with Gasteiger partial charge in [-0.2, -0.15) is 10.1 Å². The molecule has 0 saturated carbocycles. The summed E-state index contributed by atoms with van der Waals surface area (Å²) in [5, 5.41) is 17.2. The number of nitrogens with zero attached hydrogens (tertiary/aromatic N) is 3. The minimum absolute atomic E-state index is 0.122. The predicted molar refractivity (Wildman–Crippen MR) is 127 cm³/mol. The molecule has 1 aliphatic heterocycles. The van der Waals surface area contributed by atoms with Gasteiger partial charge < -0.3 is 19.7 Å². The van der Waals surface area contributed by atoms with Crippen LogP contribution in [-0.4, -0.2) is 28.0 Å².